The number of ether oxygens (including phenoxy) is 2. The number of aryl methyl sites for hydroxylation is 1. The number of benzene rings is 2. The average Bonchev–Trinajstić information content (AvgIpc) is 3.72. The number of aliphatic hydroxyl groups is 2. The Labute approximate surface area is 297 Å². The van der Waals surface area contributed by atoms with Gasteiger partial charge in [-0.05, 0) is 56.6 Å². The molecule has 1 aliphatic heterocycles. The summed E-state index contributed by atoms with van der Waals surface area (Å²) in [5.74, 6) is -2.97. The van der Waals surface area contributed by atoms with E-state index in [1.807, 2.05) is 0 Å². The van der Waals surface area contributed by atoms with Gasteiger partial charge in [-0.15, -0.1) is 5.10 Å². The van der Waals surface area contributed by atoms with Crippen molar-refractivity contribution in [2.24, 2.45) is 5.73 Å². The van der Waals surface area contributed by atoms with E-state index in [0.29, 0.717) is 19.5 Å². The van der Waals surface area contributed by atoms with Crippen LogP contribution >= 0.6 is 23.2 Å². The zero-order valence-electron chi connectivity index (χ0n) is 26.8. The highest BCUT2D eigenvalue weighted by atomic mass is 35.5. The molecule has 5 unspecified atom stereocenters. The van der Waals surface area contributed by atoms with E-state index in [-0.39, 0.29) is 27.9 Å². The van der Waals surface area contributed by atoms with Crippen LogP contribution in [-0.2, 0) is 20.4 Å². The van der Waals surface area contributed by atoms with Crippen LogP contribution < -0.4 is 11.1 Å². The van der Waals surface area contributed by atoms with E-state index in [1.54, 1.807) is 0 Å². The highest BCUT2D eigenvalue weighted by Crippen LogP contribution is 2.42. The number of rotatable bonds is 13. The first-order valence-corrected chi connectivity index (χ1v) is 16.4. The number of hydrogen-bond acceptors (Lipinski definition) is 10. The van der Waals surface area contributed by atoms with Gasteiger partial charge in [0.1, 0.15) is 65.2 Å². The van der Waals surface area contributed by atoms with Crippen molar-refractivity contribution in [1.82, 2.24) is 35.1 Å². The van der Waals surface area contributed by atoms with Crippen LogP contribution in [0.4, 0.5) is 22.0 Å². The molecule has 3 heterocycles. The maximum absolute atomic E-state index is 14.3. The molecule has 0 saturated carbocycles. The molecule has 1 amide bonds. The number of nitrogens with zero attached hydrogens (tertiary/aromatic N) is 6. The van der Waals surface area contributed by atoms with Gasteiger partial charge in [-0.3, -0.25) is 4.79 Å². The number of hydrogen-bond donors (Lipinski definition) is 4. The fourth-order valence-electron chi connectivity index (χ4n) is 5.66. The van der Waals surface area contributed by atoms with Gasteiger partial charge < -0.3 is 30.7 Å². The van der Waals surface area contributed by atoms with Gasteiger partial charge in [0.15, 0.2) is 5.82 Å². The lowest BCUT2D eigenvalue weighted by Crippen LogP contribution is -2.54. The summed E-state index contributed by atoms with van der Waals surface area (Å²) in [5.41, 5.74) is 3.75. The standard InChI is InChI=1S/C31H33Cl2F5N8O5/c1-15-41-30(46(43-15)22-11-17(32)5-6-18(22)31(36,37)38)29-28(50-14-24(48)40-8-4-2-3-7-39)26(27(49)23(13-47)51-29)45-12-21(42-44-45)16-9-19(34)25(33)20(35)10-16/h5-6,9-12,23,26-29,47,49H,2-4,7-8,13-14,39H2,1H3,(H,40,48). The number of carbonyl (C=O) groups is 1. The van der Waals surface area contributed by atoms with Crippen LogP contribution in [0.1, 0.15) is 48.6 Å². The summed E-state index contributed by atoms with van der Waals surface area (Å²) >= 11 is 11.7. The molecule has 276 valence electrons. The summed E-state index contributed by atoms with van der Waals surface area (Å²) < 4.78 is 85.3. The summed E-state index contributed by atoms with van der Waals surface area (Å²) in [6.45, 7) is 0.792. The predicted molar refractivity (Wildman–Crippen MR) is 172 cm³/mol. The fourth-order valence-corrected chi connectivity index (χ4v) is 5.93. The Morgan fingerprint density at radius 1 is 1.14 bits per heavy atom. The fraction of sp³-hybridized carbons (Fsp3) is 0.452. The Balaban J connectivity index is 1.59. The van der Waals surface area contributed by atoms with Crippen LogP contribution in [0.3, 0.4) is 0 Å². The number of halogens is 7. The van der Waals surface area contributed by atoms with Crippen molar-refractivity contribution in [2.75, 3.05) is 26.3 Å². The monoisotopic (exact) mass is 762 g/mol. The molecule has 5 rings (SSSR count). The van der Waals surface area contributed by atoms with E-state index in [0.717, 1.165) is 52.5 Å². The summed E-state index contributed by atoms with van der Waals surface area (Å²) in [7, 11) is 0. The predicted octanol–water partition coefficient (Wildman–Crippen LogP) is 4.10. The zero-order chi connectivity index (χ0) is 37.0. The van der Waals surface area contributed by atoms with Crippen LogP contribution in [0.25, 0.3) is 16.9 Å². The van der Waals surface area contributed by atoms with Gasteiger partial charge in [0.25, 0.3) is 0 Å². The van der Waals surface area contributed by atoms with Crippen LogP contribution in [0.2, 0.25) is 10.0 Å². The van der Waals surface area contributed by atoms with Crippen LogP contribution in [-0.4, -0.2) is 90.5 Å². The largest absolute Gasteiger partial charge is 0.418 e. The number of alkyl halides is 3. The molecule has 5 atom stereocenters. The Hall–Kier alpha value is -3.78. The number of nitrogens with one attached hydrogen (secondary N) is 1. The van der Waals surface area contributed by atoms with E-state index >= 15 is 0 Å². The maximum atomic E-state index is 14.3. The highest BCUT2D eigenvalue weighted by Gasteiger charge is 2.50. The maximum Gasteiger partial charge on any atom is 0.418 e. The molecule has 4 aromatic rings. The van der Waals surface area contributed by atoms with Crippen molar-refractivity contribution in [3.63, 3.8) is 0 Å². The van der Waals surface area contributed by atoms with Gasteiger partial charge in [-0.25, -0.2) is 23.1 Å². The second-order valence-corrected chi connectivity index (χ2v) is 12.5. The summed E-state index contributed by atoms with van der Waals surface area (Å²) in [4.78, 5) is 17.2. The lowest BCUT2D eigenvalue weighted by atomic mass is 9.91. The Morgan fingerprint density at radius 3 is 2.53 bits per heavy atom. The lowest BCUT2D eigenvalue weighted by molar-refractivity contribution is -0.223. The minimum atomic E-state index is -4.85. The quantitative estimate of drug-likeness (QED) is 0.0882. The molecule has 51 heavy (non-hydrogen) atoms. The minimum Gasteiger partial charge on any atom is -0.394 e. The number of nitrogens with two attached hydrogens (primary N) is 1. The molecular formula is C31H33Cl2F5N8O5. The molecule has 0 radical (unpaired) electrons. The molecule has 13 nitrogen and oxygen atoms in total. The smallest absolute Gasteiger partial charge is 0.394 e. The highest BCUT2D eigenvalue weighted by molar-refractivity contribution is 6.31. The van der Waals surface area contributed by atoms with E-state index in [2.05, 4.69) is 25.7 Å². The molecule has 2 aromatic carbocycles. The SMILES string of the molecule is Cc1nc(C2OC(CO)C(O)C(n3cc(-c4cc(F)c(Cl)c(F)c4)nn3)C2OCC(=O)NCCCCCN)n(-c2cc(Cl)ccc2C(F)(F)F)n1. The summed E-state index contributed by atoms with van der Waals surface area (Å²) in [6.07, 6.45) is -7.53. The number of aromatic nitrogens is 6. The Morgan fingerprint density at radius 2 is 1.86 bits per heavy atom. The van der Waals surface area contributed by atoms with Crippen molar-refractivity contribution in [3.8, 4) is 16.9 Å². The summed E-state index contributed by atoms with van der Waals surface area (Å²) in [6, 6.07) is 3.31. The van der Waals surface area contributed by atoms with E-state index < -0.39 is 83.7 Å². The number of carbonyl (C=O) groups excluding carboxylic acids is 1. The van der Waals surface area contributed by atoms with Crippen molar-refractivity contribution < 1.29 is 46.4 Å². The zero-order valence-corrected chi connectivity index (χ0v) is 28.3. The molecule has 5 N–H and O–H groups in total. The first-order valence-electron chi connectivity index (χ1n) is 15.6. The van der Waals surface area contributed by atoms with Gasteiger partial charge in [0.2, 0.25) is 5.91 Å². The first kappa shape index (κ1) is 38.5. The van der Waals surface area contributed by atoms with Gasteiger partial charge in [0, 0.05) is 17.1 Å². The Kier molecular flexibility index (Phi) is 12.3. The van der Waals surface area contributed by atoms with Crippen molar-refractivity contribution >= 4 is 29.1 Å². The number of unbranched alkanes of at least 4 members (excludes halogenated alkanes) is 2. The molecule has 0 spiro atoms. The van der Waals surface area contributed by atoms with Crippen molar-refractivity contribution in [3.05, 3.63) is 75.4 Å². The van der Waals surface area contributed by atoms with Gasteiger partial charge in [-0.2, -0.15) is 18.3 Å². The molecule has 1 aliphatic rings. The van der Waals surface area contributed by atoms with E-state index in [4.69, 9.17) is 38.4 Å². The van der Waals surface area contributed by atoms with Gasteiger partial charge >= 0.3 is 6.18 Å². The van der Waals surface area contributed by atoms with E-state index in [1.165, 1.54) is 13.1 Å². The third-order valence-corrected chi connectivity index (χ3v) is 8.65. The van der Waals surface area contributed by atoms with Gasteiger partial charge in [-0.1, -0.05) is 34.8 Å². The molecular weight excluding hydrogens is 730 g/mol. The molecule has 1 saturated heterocycles. The van der Waals surface area contributed by atoms with E-state index in [9.17, 15) is 37.0 Å². The summed E-state index contributed by atoms with van der Waals surface area (Å²) in [5, 5.41) is 35.8. The van der Waals surface area contributed by atoms with Crippen molar-refractivity contribution in [1.29, 1.82) is 0 Å². The lowest BCUT2D eigenvalue weighted by Gasteiger charge is -2.43. The normalized spacial score (nSPS) is 20.9. The van der Waals surface area contributed by atoms with Crippen molar-refractivity contribution in [2.45, 2.75) is 62.8 Å². The topological polar surface area (TPSA) is 175 Å². The molecule has 20 heteroatoms. The average molecular weight is 764 g/mol. The number of aliphatic hydroxyl groups excluding tert-OH is 2. The minimum absolute atomic E-state index is 0.00808. The second kappa shape index (κ2) is 16.3. The Bertz CT molecular complexity index is 1820. The number of amides is 1. The second-order valence-electron chi connectivity index (χ2n) is 11.7. The molecule has 1 fully saturated rings. The third-order valence-electron chi connectivity index (χ3n) is 8.06. The first-order chi connectivity index (χ1) is 24.2. The van der Waals surface area contributed by atoms with Crippen LogP contribution in [0.15, 0.2) is 36.5 Å². The van der Waals surface area contributed by atoms with Crippen LogP contribution in [0, 0.1) is 18.6 Å². The third kappa shape index (κ3) is 8.65. The molecule has 0 bridgehead atoms. The molecule has 0 aliphatic carbocycles. The van der Waals surface area contributed by atoms with Gasteiger partial charge in [0.05, 0.1) is 24.1 Å². The molecule has 2 aromatic heterocycles. The van der Waals surface area contributed by atoms with Crippen LogP contribution in [0.5, 0.6) is 0 Å².